The van der Waals surface area contributed by atoms with Gasteiger partial charge in [-0.05, 0) is 67.3 Å². The number of carbonyl (C=O) groups excluding carboxylic acids is 2. The summed E-state index contributed by atoms with van der Waals surface area (Å²) in [4.78, 5) is 36.2. The zero-order chi connectivity index (χ0) is 28.2. The first kappa shape index (κ1) is 26.8. The zero-order valence-electron chi connectivity index (χ0n) is 22.6. The lowest BCUT2D eigenvalue weighted by Gasteiger charge is -2.31. The minimum atomic E-state index is -0.315. The van der Waals surface area contributed by atoms with Crippen LogP contribution in [0, 0.1) is 0 Å². The fourth-order valence-corrected chi connectivity index (χ4v) is 4.61. The van der Waals surface area contributed by atoms with Gasteiger partial charge in [0.2, 0.25) is 17.8 Å². The van der Waals surface area contributed by atoms with E-state index in [1.807, 2.05) is 30.5 Å². The summed E-state index contributed by atoms with van der Waals surface area (Å²) in [6.45, 7) is 9.20. The first-order chi connectivity index (χ1) is 19.3. The molecule has 2 aromatic heterocycles. The van der Waals surface area contributed by atoms with Crippen LogP contribution in [0.3, 0.4) is 0 Å². The Morgan fingerprint density at radius 2 is 1.85 bits per heavy atom. The molecule has 11 heteroatoms. The molecule has 1 aliphatic heterocycles. The normalized spacial score (nSPS) is 15.2. The Bertz CT molecular complexity index is 1550. The molecule has 5 rings (SSSR count). The van der Waals surface area contributed by atoms with E-state index in [2.05, 4.69) is 46.4 Å². The van der Waals surface area contributed by atoms with Crippen LogP contribution in [-0.2, 0) is 4.79 Å². The van der Waals surface area contributed by atoms with Crippen molar-refractivity contribution in [3.05, 3.63) is 78.5 Å². The summed E-state index contributed by atoms with van der Waals surface area (Å²) >= 11 is 0. The summed E-state index contributed by atoms with van der Waals surface area (Å²) < 4.78 is 1.71. The summed E-state index contributed by atoms with van der Waals surface area (Å²) in [5.74, 6) is 0.782. The number of nitrogens with two attached hydrogens (primary N) is 1. The van der Waals surface area contributed by atoms with Crippen LogP contribution in [0.1, 0.15) is 48.5 Å². The number of anilines is 5. The van der Waals surface area contributed by atoms with Gasteiger partial charge >= 0.3 is 0 Å². The molecule has 0 aliphatic carbocycles. The van der Waals surface area contributed by atoms with Crippen LogP contribution < -0.4 is 26.6 Å². The predicted octanol–water partition coefficient (Wildman–Crippen LogP) is 4.30. The number of rotatable bonds is 8. The number of amides is 2. The second-order valence-corrected chi connectivity index (χ2v) is 10.1. The van der Waals surface area contributed by atoms with Crippen LogP contribution in [0.4, 0.5) is 29.0 Å². The average molecular weight is 540 g/mol. The van der Waals surface area contributed by atoms with Gasteiger partial charge in [-0.25, -0.2) is 0 Å². The van der Waals surface area contributed by atoms with Crippen molar-refractivity contribution in [2.45, 2.75) is 38.6 Å². The molecule has 1 aliphatic rings. The summed E-state index contributed by atoms with van der Waals surface area (Å²) in [5.41, 5.74) is 10.4. The summed E-state index contributed by atoms with van der Waals surface area (Å²) in [7, 11) is 0. The van der Waals surface area contributed by atoms with E-state index in [4.69, 9.17) is 15.7 Å². The van der Waals surface area contributed by atoms with E-state index in [1.54, 1.807) is 28.8 Å². The van der Waals surface area contributed by atoms with Gasteiger partial charge in [0, 0.05) is 47.3 Å². The van der Waals surface area contributed by atoms with Crippen LogP contribution in [0.2, 0.25) is 0 Å². The Kier molecular flexibility index (Phi) is 7.74. The minimum Gasteiger partial charge on any atom is -0.339 e. The Morgan fingerprint density at radius 3 is 2.58 bits per heavy atom. The molecule has 2 amide bonds. The predicted molar refractivity (Wildman–Crippen MR) is 157 cm³/mol. The molecule has 1 fully saturated rings. The van der Waals surface area contributed by atoms with Gasteiger partial charge in [-0.2, -0.15) is 19.6 Å². The molecule has 1 saturated heterocycles. The number of aromatic nitrogens is 4. The number of benzene rings is 2. The second-order valence-electron chi connectivity index (χ2n) is 10.1. The summed E-state index contributed by atoms with van der Waals surface area (Å²) in [5, 5.41) is 13.5. The monoisotopic (exact) mass is 539 g/mol. The molecule has 3 heterocycles. The lowest BCUT2D eigenvalue weighted by atomic mass is 10.1. The molecular weight excluding hydrogens is 506 g/mol. The molecule has 40 heavy (non-hydrogen) atoms. The molecule has 0 radical (unpaired) electrons. The van der Waals surface area contributed by atoms with Crippen LogP contribution >= 0.6 is 0 Å². The highest BCUT2D eigenvalue weighted by molar-refractivity contribution is 6.05. The fourth-order valence-electron chi connectivity index (χ4n) is 4.61. The standard InChI is InChI=1S/C29H33N9O2/c1-4-25(39)32-21-12-10-19(11-13-21)27(40)33-22-8-5-9-23(15-22)34-29-36-28(37-14-6-7-20(30)17-37)35-26-24(18(2)3)16-31-38(26)29/h4-5,8-13,15-16,18,20H,1,6-7,14,17,30H2,2-3H3,(H,32,39)(H,33,40)(H,34,35,36). The average Bonchev–Trinajstić information content (AvgIpc) is 3.38. The maximum atomic E-state index is 12.9. The van der Waals surface area contributed by atoms with E-state index in [-0.39, 0.29) is 23.8 Å². The third-order valence-corrected chi connectivity index (χ3v) is 6.72. The number of nitrogens with zero attached hydrogens (tertiary/aromatic N) is 5. The minimum absolute atomic E-state index is 0.0851. The number of hydrogen-bond acceptors (Lipinski definition) is 8. The molecule has 2 aromatic carbocycles. The molecule has 1 unspecified atom stereocenters. The van der Waals surface area contributed by atoms with Crippen molar-refractivity contribution in [3.8, 4) is 0 Å². The van der Waals surface area contributed by atoms with Crippen molar-refractivity contribution in [2.75, 3.05) is 33.9 Å². The molecule has 4 aromatic rings. The largest absolute Gasteiger partial charge is 0.339 e. The fraction of sp³-hybridized carbons (Fsp3) is 0.276. The quantitative estimate of drug-likeness (QED) is 0.243. The third kappa shape index (κ3) is 5.94. The van der Waals surface area contributed by atoms with Gasteiger partial charge in [0.15, 0.2) is 5.65 Å². The van der Waals surface area contributed by atoms with E-state index >= 15 is 0 Å². The Hall–Kier alpha value is -4.77. The highest BCUT2D eigenvalue weighted by Gasteiger charge is 2.22. The Labute approximate surface area is 232 Å². The van der Waals surface area contributed by atoms with Crippen molar-refractivity contribution in [2.24, 2.45) is 5.73 Å². The number of piperidine rings is 1. The molecule has 11 nitrogen and oxygen atoms in total. The molecular formula is C29H33N9O2. The van der Waals surface area contributed by atoms with Crippen molar-refractivity contribution in [3.63, 3.8) is 0 Å². The lowest BCUT2D eigenvalue weighted by molar-refractivity contribution is -0.111. The molecule has 206 valence electrons. The van der Waals surface area contributed by atoms with Crippen LogP contribution in [0.15, 0.2) is 67.4 Å². The smallest absolute Gasteiger partial charge is 0.255 e. The van der Waals surface area contributed by atoms with Crippen molar-refractivity contribution >= 4 is 46.4 Å². The molecule has 0 spiro atoms. The Balaban J connectivity index is 1.38. The van der Waals surface area contributed by atoms with Gasteiger partial charge in [0.25, 0.3) is 5.91 Å². The van der Waals surface area contributed by atoms with Gasteiger partial charge < -0.3 is 26.6 Å². The van der Waals surface area contributed by atoms with E-state index in [9.17, 15) is 9.59 Å². The van der Waals surface area contributed by atoms with E-state index in [1.165, 1.54) is 6.08 Å². The maximum absolute atomic E-state index is 12.9. The van der Waals surface area contributed by atoms with Gasteiger partial charge in [-0.3, -0.25) is 9.59 Å². The number of fused-ring (bicyclic) bond motifs is 1. The number of nitrogens with one attached hydrogen (secondary N) is 3. The van der Waals surface area contributed by atoms with Crippen molar-refractivity contribution < 1.29 is 9.59 Å². The highest BCUT2D eigenvalue weighted by atomic mass is 16.2. The van der Waals surface area contributed by atoms with Crippen molar-refractivity contribution in [1.82, 2.24) is 19.6 Å². The van der Waals surface area contributed by atoms with Gasteiger partial charge in [-0.15, -0.1) is 0 Å². The molecule has 0 saturated carbocycles. The van der Waals surface area contributed by atoms with Crippen LogP contribution in [0.5, 0.6) is 0 Å². The first-order valence-corrected chi connectivity index (χ1v) is 13.3. The van der Waals surface area contributed by atoms with E-state index in [0.29, 0.717) is 35.4 Å². The second kappa shape index (κ2) is 11.5. The van der Waals surface area contributed by atoms with Crippen molar-refractivity contribution in [1.29, 1.82) is 0 Å². The SMILES string of the molecule is C=CC(=O)Nc1ccc(C(=O)Nc2cccc(Nc3nc(N4CCCC(N)C4)nc4c(C(C)C)cnn34)c2)cc1. The molecule has 1 atom stereocenters. The summed E-state index contributed by atoms with van der Waals surface area (Å²) in [6.07, 6.45) is 5.00. The topological polar surface area (TPSA) is 143 Å². The third-order valence-electron chi connectivity index (χ3n) is 6.72. The summed E-state index contributed by atoms with van der Waals surface area (Å²) in [6, 6.07) is 14.1. The molecule has 5 N–H and O–H groups in total. The Morgan fingerprint density at radius 1 is 1.07 bits per heavy atom. The number of hydrogen-bond donors (Lipinski definition) is 4. The molecule has 0 bridgehead atoms. The maximum Gasteiger partial charge on any atom is 0.255 e. The van der Waals surface area contributed by atoms with E-state index in [0.717, 1.165) is 36.3 Å². The highest BCUT2D eigenvalue weighted by Crippen LogP contribution is 2.27. The number of carbonyl (C=O) groups is 2. The van der Waals surface area contributed by atoms with E-state index < -0.39 is 0 Å². The lowest BCUT2D eigenvalue weighted by Crippen LogP contribution is -2.43. The van der Waals surface area contributed by atoms with Crippen LogP contribution in [0.25, 0.3) is 5.65 Å². The van der Waals surface area contributed by atoms with Crippen LogP contribution in [-0.4, -0.2) is 50.5 Å². The zero-order valence-corrected chi connectivity index (χ0v) is 22.6. The van der Waals surface area contributed by atoms with Gasteiger partial charge in [-0.1, -0.05) is 26.5 Å². The van der Waals surface area contributed by atoms with Gasteiger partial charge in [0.1, 0.15) is 0 Å². The first-order valence-electron chi connectivity index (χ1n) is 13.3. The van der Waals surface area contributed by atoms with Gasteiger partial charge in [0.05, 0.1) is 6.20 Å².